The normalized spacial score (nSPS) is 12.2. The number of carbonyl (C=O) groups is 1. The molecule has 18 heavy (non-hydrogen) atoms. The van der Waals surface area contributed by atoms with Crippen LogP contribution in [0.25, 0.3) is 10.6 Å². The Morgan fingerprint density at radius 1 is 1.39 bits per heavy atom. The summed E-state index contributed by atoms with van der Waals surface area (Å²) in [5.74, 6) is -0.307. The molecule has 0 spiro atoms. The minimum atomic E-state index is -0.613. The van der Waals surface area contributed by atoms with Gasteiger partial charge >= 0.3 is 0 Å². The first-order chi connectivity index (χ1) is 8.58. The fraction of sp³-hybridized carbons (Fsp3) is 0.182. The summed E-state index contributed by atoms with van der Waals surface area (Å²) in [6.07, 6.45) is 0. The van der Waals surface area contributed by atoms with Crippen LogP contribution in [0.15, 0.2) is 24.3 Å². The lowest BCUT2D eigenvalue weighted by Gasteiger charge is -2.00. The average molecular weight is 302 g/mol. The molecule has 0 fully saturated rings. The van der Waals surface area contributed by atoms with Crippen molar-refractivity contribution in [2.75, 3.05) is 5.32 Å². The summed E-state index contributed by atoms with van der Waals surface area (Å²) in [5.41, 5.74) is 0.788. The first-order valence-corrected chi connectivity index (χ1v) is 6.74. The second kappa shape index (κ2) is 5.65. The van der Waals surface area contributed by atoms with Gasteiger partial charge in [0, 0.05) is 5.56 Å². The lowest BCUT2D eigenvalue weighted by atomic mass is 10.2. The van der Waals surface area contributed by atoms with Crippen LogP contribution < -0.4 is 5.32 Å². The van der Waals surface area contributed by atoms with E-state index in [1.54, 1.807) is 13.0 Å². The fourth-order valence-electron chi connectivity index (χ4n) is 1.22. The Morgan fingerprint density at radius 3 is 2.78 bits per heavy atom. The molecule has 1 unspecified atom stereocenters. The Hall–Kier alpha value is -1.17. The van der Waals surface area contributed by atoms with Crippen molar-refractivity contribution in [3.05, 3.63) is 29.3 Å². The zero-order valence-corrected chi connectivity index (χ0v) is 11.7. The number of alkyl halides is 1. The highest BCUT2D eigenvalue weighted by Gasteiger charge is 2.14. The third-order valence-corrected chi connectivity index (χ3v) is 3.52. The molecule has 7 heteroatoms. The zero-order chi connectivity index (χ0) is 13.1. The molecule has 2 aromatic rings. The number of anilines is 1. The topological polar surface area (TPSA) is 54.9 Å². The first kappa shape index (κ1) is 13.3. The summed E-state index contributed by atoms with van der Waals surface area (Å²) in [6, 6.07) is 7.32. The molecule has 1 heterocycles. The van der Waals surface area contributed by atoms with Crippen LogP contribution >= 0.6 is 34.5 Å². The molecule has 4 nitrogen and oxygen atoms in total. The van der Waals surface area contributed by atoms with Crippen molar-refractivity contribution >= 4 is 45.6 Å². The maximum atomic E-state index is 11.4. The fourth-order valence-corrected chi connectivity index (χ4v) is 2.34. The minimum Gasteiger partial charge on any atom is -0.299 e. The number of nitrogens with one attached hydrogen (secondary N) is 1. The summed E-state index contributed by atoms with van der Waals surface area (Å²) in [5, 5.41) is 11.5. The Kier molecular flexibility index (Phi) is 4.16. The second-order valence-corrected chi connectivity index (χ2v) is 5.54. The Labute approximate surface area is 118 Å². The largest absolute Gasteiger partial charge is 0.299 e. The van der Waals surface area contributed by atoms with Crippen molar-refractivity contribution in [1.82, 2.24) is 10.2 Å². The molecule has 1 amide bonds. The molecular weight excluding hydrogens is 293 g/mol. The van der Waals surface area contributed by atoms with Gasteiger partial charge in [-0.1, -0.05) is 41.1 Å². The number of rotatable bonds is 3. The molecule has 0 radical (unpaired) electrons. The van der Waals surface area contributed by atoms with Crippen molar-refractivity contribution < 1.29 is 4.79 Å². The number of halogens is 2. The van der Waals surface area contributed by atoms with E-state index in [1.165, 1.54) is 11.3 Å². The first-order valence-electron chi connectivity index (χ1n) is 5.11. The molecule has 0 aliphatic rings. The standard InChI is InChI=1S/C11H9Cl2N3OS/c1-6(12)9(17)14-11-16-15-10(18-11)7-4-2-3-5-8(7)13/h2-6H,1H3,(H,14,16,17). The van der Waals surface area contributed by atoms with E-state index < -0.39 is 5.38 Å². The highest BCUT2D eigenvalue weighted by atomic mass is 35.5. The molecule has 1 aromatic heterocycles. The number of carbonyl (C=O) groups excluding carboxylic acids is 1. The maximum absolute atomic E-state index is 11.4. The third-order valence-electron chi connectivity index (χ3n) is 2.12. The predicted molar refractivity (Wildman–Crippen MR) is 74.3 cm³/mol. The molecule has 1 aromatic carbocycles. The van der Waals surface area contributed by atoms with E-state index >= 15 is 0 Å². The number of nitrogens with zero attached hydrogens (tertiary/aromatic N) is 2. The van der Waals surface area contributed by atoms with Crippen molar-refractivity contribution in [3.63, 3.8) is 0 Å². The maximum Gasteiger partial charge on any atom is 0.243 e. The van der Waals surface area contributed by atoms with Crippen molar-refractivity contribution in [1.29, 1.82) is 0 Å². The second-order valence-electron chi connectivity index (χ2n) is 3.50. The Balaban J connectivity index is 2.21. The number of benzene rings is 1. The summed E-state index contributed by atoms with van der Waals surface area (Å²) in [6.45, 7) is 1.59. The van der Waals surface area contributed by atoms with E-state index in [9.17, 15) is 4.79 Å². The monoisotopic (exact) mass is 301 g/mol. The van der Waals surface area contributed by atoms with E-state index in [2.05, 4.69) is 15.5 Å². The number of hydrogen-bond donors (Lipinski definition) is 1. The summed E-state index contributed by atoms with van der Waals surface area (Å²) < 4.78 is 0. The van der Waals surface area contributed by atoms with Crippen LogP contribution in [0.2, 0.25) is 5.02 Å². The van der Waals surface area contributed by atoms with E-state index in [0.717, 1.165) is 5.56 Å². The number of amides is 1. The van der Waals surface area contributed by atoms with E-state index in [4.69, 9.17) is 23.2 Å². The van der Waals surface area contributed by atoms with Gasteiger partial charge in [-0.2, -0.15) is 0 Å². The molecule has 94 valence electrons. The minimum absolute atomic E-state index is 0.307. The van der Waals surface area contributed by atoms with Crippen molar-refractivity contribution in [2.24, 2.45) is 0 Å². The highest BCUT2D eigenvalue weighted by Crippen LogP contribution is 2.31. The van der Waals surface area contributed by atoms with E-state index in [1.807, 2.05) is 18.2 Å². The molecule has 0 saturated carbocycles. The molecule has 0 aliphatic heterocycles. The van der Waals surface area contributed by atoms with Gasteiger partial charge in [-0.3, -0.25) is 10.1 Å². The molecule has 1 N–H and O–H groups in total. The van der Waals surface area contributed by atoms with E-state index in [-0.39, 0.29) is 5.91 Å². The molecule has 2 rings (SSSR count). The van der Waals surface area contributed by atoms with Gasteiger partial charge in [-0.15, -0.1) is 21.8 Å². The molecule has 0 bridgehead atoms. The Bertz CT molecular complexity index is 571. The SMILES string of the molecule is CC(Cl)C(=O)Nc1nnc(-c2ccccc2Cl)s1. The average Bonchev–Trinajstić information content (AvgIpc) is 2.77. The van der Waals surface area contributed by atoms with Gasteiger partial charge in [0.25, 0.3) is 0 Å². The molecular formula is C11H9Cl2N3OS. The number of aromatic nitrogens is 2. The van der Waals surface area contributed by atoms with Crippen LogP contribution in [0.3, 0.4) is 0 Å². The van der Waals surface area contributed by atoms with Gasteiger partial charge in [-0.05, 0) is 13.0 Å². The summed E-state index contributed by atoms with van der Waals surface area (Å²) in [4.78, 5) is 11.4. The van der Waals surface area contributed by atoms with Crippen LogP contribution in [0, 0.1) is 0 Å². The van der Waals surface area contributed by atoms with Crippen LogP contribution in [-0.2, 0) is 4.79 Å². The van der Waals surface area contributed by atoms with Gasteiger partial charge in [0.1, 0.15) is 5.38 Å². The lowest BCUT2D eigenvalue weighted by Crippen LogP contribution is -2.20. The van der Waals surface area contributed by atoms with Gasteiger partial charge in [-0.25, -0.2) is 0 Å². The summed E-state index contributed by atoms with van der Waals surface area (Å²) in [7, 11) is 0. The van der Waals surface area contributed by atoms with Gasteiger partial charge in [0.15, 0.2) is 5.01 Å². The van der Waals surface area contributed by atoms with Crippen LogP contribution in [-0.4, -0.2) is 21.5 Å². The highest BCUT2D eigenvalue weighted by molar-refractivity contribution is 7.18. The van der Waals surface area contributed by atoms with Crippen LogP contribution in [0.1, 0.15) is 6.92 Å². The van der Waals surface area contributed by atoms with Gasteiger partial charge in [0.05, 0.1) is 5.02 Å². The van der Waals surface area contributed by atoms with Gasteiger partial charge < -0.3 is 0 Å². The quantitative estimate of drug-likeness (QED) is 0.884. The molecule has 0 aliphatic carbocycles. The van der Waals surface area contributed by atoms with Crippen molar-refractivity contribution in [2.45, 2.75) is 12.3 Å². The van der Waals surface area contributed by atoms with Crippen LogP contribution in [0.5, 0.6) is 0 Å². The molecule has 1 atom stereocenters. The predicted octanol–water partition coefficient (Wildman–Crippen LogP) is 3.42. The van der Waals surface area contributed by atoms with E-state index in [0.29, 0.717) is 15.2 Å². The molecule has 0 saturated heterocycles. The lowest BCUT2D eigenvalue weighted by molar-refractivity contribution is -0.115. The number of hydrogen-bond acceptors (Lipinski definition) is 4. The van der Waals surface area contributed by atoms with Crippen molar-refractivity contribution in [3.8, 4) is 10.6 Å². The van der Waals surface area contributed by atoms with Crippen LogP contribution in [0.4, 0.5) is 5.13 Å². The Morgan fingerprint density at radius 2 is 2.11 bits per heavy atom. The van der Waals surface area contributed by atoms with Gasteiger partial charge in [0.2, 0.25) is 11.0 Å². The smallest absolute Gasteiger partial charge is 0.243 e. The zero-order valence-electron chi connectivity index (χ0n) is 9.35. The third kappa shape index (κ3) is 2.98. The summed E-state index contributed by atoms with van der Waals surface area (Å²) >= 11 is 13.0.